The second-order valence-electron chi connectivity index (χ2n) is 13.2. The number of nitrogens with zero attached hydrogens (tertiary/aromatic N) is 3. The molecule has 0 saturated carbocycles. The van der Waals surface area contributed by atoms with Gasteiger partial charge >= 0.3 is 0 Å². The van der Waals surface area contributed by atoms with E-state index in [0.717, 1.165) is 77.2 Å². The van der Waals surface area contributed by atoms with Crippen LogP contribution < -0.4 is 0 Å². The Hall–Kier alpha value is -7.17. The van der Waals surface area contributed by atoms with E-state index < -0.39 is 0 Å². The molecule has 248 valence electrons. The number of hydrogen-bond acceptors (Lipinski definition) is 4. The van der Waals surface area contributed by atoms with Gasteiger partial charge in [0.15, 0.2) is 17.5 Å². The molecule has 0 amide bonds. The lowest BCUT2D eigenvalue weighted by atomic mass is 9.90. The van der Waals surface area contributed by atoms with Crippen LogP contribution in [0.5, 0.6) is 0 Å². The highest BCUT2D eigenvalue weighted by Gasteiger charge is 2.18. The summed E-state index contributed by atoms with van der Waals surface area (Å²) in [5.74, 6) is 1.93. The molecule has 0 spiro atoms. The predicted molar refractivity (Wildman–Crippen MR) is 217 cm³/mol. The quantitative estimate of drug-likeness (QED) is 0.176. The Morgan fingerprint density at radius 1 is 0.302 bits per heavy atom. The molecule has 10 rings (SSSR count). The van der Waals surface area contributed by atoms with Crippen LogP contribution in [-0.4, -0.2) is 15.0 Å². The van der Waals surface area contributed by atoms with E-state index in [2.05, 4.69) is 121 Å². The summed E-state index contributed by atoms with van der Waals surface area (Å²) in [6, 6.07) is 65.2. The molecule has 0 N–H and O–H groups in total. The zero-order valence-corrected chi connectivity index (χ0v) is 28.6. The molecule has 4 nitrogen and oxygen atoms in total. The van der Waals surface area contributed by atoms with Crippen molar-refractivity contribution in [3.8, 4) is 67.5 Å². The van der Waals surface area contributed by atoms with E-state index >= 15 is 0 Å². The zero-order chi connectivity index (χ0) is 35.1. The van der Waals surface area contributed by atoms with Crippen molar-refractivity contribution >= 4 is 32.7 Å². The molecule has 53 heavy (non-hydrogen) atoms. The minimum Gasteiger partial charge on any atom is -0.455 e. The van der Waals surface area contributed by atoms with Gasteiger partial charge in [0, 0.05) is 32.8 Å². The van der Waals surface area contributed by atoms with Crippen molar-refractivity contribution in [2.75, 3.05) is 0 Å². The van der Waals surface area contributed by atoms with Crippen molar-refractivity contribution in [2.45, 2.75) is 0 Å². The first-order valence-corrected chi connectivity index (χ1v) is 17.8. The summed E-state index contributed by atoms with van der Waals surface area (Å²) in [4.78, 5) is 14.8. The molecule has 0 aliphatic rings. The van der Waals surface area contributed by atoms with Gasteiger partial charge in [-0.05, 0) is 57.0 Å². The molecule has 2 aromatic heterocycles. The number of fused-ring (bicyclic) bond motifs is 5. The minimum absolute atomic E-state index is 0.637. The summed E-state index contributed by atoms with van der Waals surface area (Å²) in [5, 5.41) is 4.52. The molecule has 0 aliphatic heterocycles. The second-order valence-corrected chi connectivity index (χ2v) is 13.2. The van der Waals surface area contributed by atoms with E-state index in [1.165, 1.54) is 5.56 Å². The van der Waals surface area contributed by atoms with Gasteiger partial charge in [0.1, 0.15) is 11.2 Å². The highest BCUT2D eigenvalue weighted by atomic mass is 16.3. The average Bonchev–Trinajstić information content (AvgIpc) is 3.63. The van der Waals surface area contributed by atoms with Crippen molar-refractivity contribution in [1.82, 2.24) is 15.0 Å². The Bertz CT molecular complexity index is 2860. The summed E-state index contributed by atoms with van der Waals surface area (Å²) in [6.07, 6.45) is 0. The Kier molecular flexibility index (Phi) is 7.43. The molecule has 4 heteroatoms. The summed E-state index contributed by atoms with van der Waals surface area (Å²) in [6.45, 7) is 0. The largest absolute Gasteiger partial charge is 0.455 e. The van der Waals surface area contributed by atoms with Crippen LogP contribution in [0.2, 0.25) is 0 Å². The number of para-hydroxylation sites is 1. The fraction of sp³-hybridized carbons (Fsp3) is 0. The van der Waals surface area contributed by atoms with Crippen molar-refractivity contribution in [3.63, 3.8) is 0 Å². The molecule has 0 atom stereocenters. The lowest BCUT2D eigenvalue weighted by Gasteiger charge is -2.13. The van der Waals surface area contributed by atoms with Crippen molar-refractivity contribution in [1.29, 1.82) is 0 Å². The van der Waals surface area contributed by atoms with E-state index in [-0.39, 0.29) is 0 Å². The normalized spacial score (nSPS) is 11.4. The Labute approximate surface area is 306 Å². The van der Waals surface area contributed by atoms with Crippen LogP contribution in [0.1, 0.15) is 0 Å². The van der Waals surface area contributed by atoms with Gasteiger partial charge in [0.05, 0.1) is 0 Å². The van der Waals surface area contributed by atoms with E-state index in [1.807, 2.05) is 66.7 Å². The van der Waals surface area contributed by atoms with E-state index in [0.29, 0.717) is 17.5 Å². The molecule has 0 saturated heterocycles. The van der Waals surface area contributed by atoms with E-state index in [9.17, 15) is 0 Å². The monoisotopic (exact) mass is 677 g/mol. The second kappa shape index (κ2) is 12.9. The molecule has 0 bridgehead atoms. The maximum absolute atomic E-state index is 6.59. The third-order valence-electron chi connectivity index (χ3n) is 9.94. The zero-order valence-electron chi connectivity index (χ0n) is 28.6. The molecular formula is C49H31N3O. The van der Waals surface area contributed by atoms with Gasteiger partial charge in [-0.1, -0.05) is 170 Å². The van der Waals surface area contributed by atoms with Crippen molar-refractivity contribution in [2.24, 2.45) is 0 Å². The minimum atomic E-state index is 0.637. The SMILES string of the molecule is c1ccc(-c2nc(-c3ccccc3)nc(-c3cccc(-c4ccc(-c5cc6c7ccccc7oc6c6c(-c7ccccc7)cccc56)cc4)c3)n2)cc1. The van der Waals surface area contributed by atoms with Crippen LogP contribution in [0, 0.1) is 0 Å². The molecule has 10 aromatic rings. The van der Waals surface area contributed by atoms with Crippen molar-refractivity contribution in [3.05, 3.63) is 188 Å². The van der Waals surface area contributed by atoms with Gasteiger partial charge < -0.3 is 4.42 Å². The number of hydrogen-bond donors (Lipinski definition) is 0. The highest BCUT2D eigenvalue weighted by Crippen LogP contribution is 2.44. The fourth-order valence-corrected chi connectivity index (χ4v) is 7.35. The van der Waals surface area contributed by atoms with Crippen LogP contribution >= 0.6 is 0 Å². The topological polar surface area (TPSA) is 51.8 Å². The number of benzene rings is 8. The first kappa shape index (κ1) is 30.6. The third kappa shape index (κ3) is 5.54. The molecule has 0 fully saturated rings. The average molecular weight is 678 g/mol. The first-order chi connectivity index (χ1) is 26.3. The fourth-order valence-electron chi connectivity index (χ4n) is 7.35. The first-order valence-electron chi connectivity index (χ1n) is 17.8. The number of furan rings is 1. The van der Waals surface area contributed by atoms with Gasteiger partial charge in [-0.3, -0.25) is 0 Å². The summed E-state index contributed by atoms with van der Waals surface area (Å²) in [7, 11) is 0. The summed E-state index contributed by atoms with van der Waals surface area (Å²) >= 11 is 0. The van der Waals surface area contributed by atoms with Crippen molar-refractivity contribution < 1.29 is 4.42 Å². The number of rotatable bonds is 6. The molecule has 0 unspecified atom stereocenters. The van der Waals surface area contributed by atoms with Crippen LogP contribution in [0.3, 0.4) is 0 Å². The van der Waals surface area contributed by atoms with Crippen LogP contribution in [0.25, 0.3) is 100 Å². The summed E-state index contributed by atoms with van der Waals surface area (Å²) < 4.78 is 6.59. The van der Waals surface area contributed by atoms with Gasteiger partial charge in [-0.15, -0.1) is 0 Å². The van der Waals surface area contributed by atoms with Gasteiger partial charge in [0.25, 0.3) is 0 Å². The smallest absolute Gasteiger partial charge is 0.164 e. The van der Waals surface area contributed by atoms with Gasteiger partial charge in [-0.25, -0.2) is 15.0 Å². The van der Waals surface area contributed by atoms with E-state index in [4.69, 9.17) is 19.4 Å². The maximum atomic E-state index is 6.59. The highest BCUT2D eigenvalue weighted by molar-refractivity contribution is 6.22. The van der Waals surface area contributed by atoms with E-state index in [1.54, 1.807) is 0 Å². The molecular weight excluding hydrogens is 647 g/mol. The van der Waals surface area contributed by atoms with Crippen LogP contribution in [0.4, 0.5) is 0 Å². The molecule has 0 radical (unpaired) electrons. The molecule has 2 heterocycles. The standard InChI is InChI=1S/C49H31N3O/c1-4-14-33(15-5-1)39-23-13-24-41-42(31-43-40-22-10-11-25-44(40)53-46(43)45(39)41)34-28-26-32(27-29-34)37-20-12-21-38(30-37)49-51-47(35-16-6-2-7-17-35)50-48(52-49)36-18-8-3-9-19-36/h1-31H. The predicted octanol–water partition coefficient (Wildman–Crippen LogP) is 12.9. The lowest BCUT2D eigenvalue weighted by Crippen LogP contribution is -2.00. The van der Waals surface area contributed by atoms with Crippen LogP contribution in [-0.2, 0) is 0 Å². The van der Waals surface area contributed by atoms with Crippen LogP contribution in [0.15, 0.2) is 192 Å². The van der Waals surface area contributed by atoms with Gasteiger partial charge in [0.2, 0.25) is 0 Å². The van der Waals surface area contributed by atoms with Gasteiger partial charge in [-0.2, -0.15) is 0 Å². The lowest BCUT2D eigenvalue weighted by molar-refractivity contribution is 0.673. The maximum Gasteiger partial charge on any atom is 0.164 e. The third-order valence-corrected chi connectivity index (χ3v) is 9.94. The molecule has 8 aromatic carbocycles. The summed E-state index contributed by atoms with van der Waals surface area (Å²) in [5.41, 5.74) is 11.5. The Balaban J connectivity index is 1.08. The molecule has 0 aliphatic carbocycles. The Morgan fingerprint density at radius 3 is 1.47 bits per heavy atom. The number of aromatic nitrogens is 3. The Morgan fingerprint density at radius 2 is 0.792 bits per heavy atom.